The Bertz CT molecular complexity index is 3210. The van der Waals surface area contributed by atoms with Crippen molar-refractivity contribution in [2.75, 3.05) is 4.90 Å². The van der Waals surface area contributed by atoms with Gasteiger partial charge in [0.1, 0.15) is 0 Å². The Kier molecular flexibility index (Phi) is 7.11. The molecule has 11 rings (SSSR count). The van der Waals surface area contributed by atoms with Gasteiger partial charge in [0.15, 0.2) is 0 Å². The molecule has 0 radical (unpaired) electrons. The minimum absolute atomic E-state index is 1.11. The maximum atomic E-state index is 2.41. The number of thiophene rings is 1. The molecule has 0 amide bonds. The molecular weight excluding hydrogens is 671 g/mol. The van der Waals surface area contributed by atoms with E-state index in [4.69, 9.17) is 0 Å². The van der Waals surface area contributed by atoms with Crippen molar-refractivity contribution in [3.63, 3.8) is 0 Å². The molecule has 54 heavy (non-hydrogen) atoms. The first-order valence-electron chi connectivity index (χ1n) is 18.5. The topological polar surface area (TPSA) is 3.24 Å². The third kappa shape index (κ3) is 4.99. The maximum absolute atomic E-state index is 2.41. The zero-order valence-electron chi connectivity index (χ0n) is 29.4. The number of hydrogen-bond donors (Lipinski definition) is 0. The molecule has 0 spiro atoms. The van der Waals surface area contributed by atoms with Crippen molar-refractivity contribution in [2.24, 2.45) is 0 Å². The van der Waals surface area contributed by atoms with Gasteiger partial charge in [-0.1, -0.05) is 152 Å². The highest BCUT2D eigenvalue weighted by atomic mass is 32.1. The number of hydrogen-bond acceptors (Lipinski definition) is 2. The van der Waals surface area contributed by atoms with E-state index in [-0.39, 0.29) is 0 Å². The normalized spacial score (nSPS) is 11.7. The van der Waals surface area contributed by atoms with Crippen LogP contribution in [0.2, 0.25) is 0 Å². The van der Waals surface area contributed by atoms with Crippen LogP contribution in [0.1, 0.15) is 0 Å². The lowest BCUT2D eigenvalue weighted by Crippen LogP contribution is -2.10. The summed E-state index contributed by atoms with van der Waals surface area (Å²) in [5, 5.41) is 12.7. The van der Waals surface area contributed by atoms with E-state index in [1.54, 1.807) is 0 Å². The smallest absolute Gasteiger partial charge is 0.0540 e. The molecule has 0 N–H and O–H groups in total. The molecule has 1 nitrogen and oxygen atoms in total. The predicted molar refractivity (Wildman–Crippen MR) is 235 cm³/mol. The summed E-state index contributed by atoms with van der Waals surface area (Å²) in [6.07, 6.45) is 0. The van der Waals surface area contributed by atoms with Gasteiger partial charge in [-0.05, 0) is 108 Å². The highest BCUT2D eigenvalue weighted by Gasteiger charge is 2.18. The van der Waals surface area contributed by atoms with Crippen LogP contribution in [-0.2, 0) is 0 Å². The van der Waals surface area contributed by atoms with Crippen molar-refractivity contribution >= 4 is 91.7 Å². The van der Waals surface area contributed by atoms with Gasteiger partial charge in [-0.25, -0.2) is 0 Å². The van der Waals surface area contributed by atoms with Crippen molar-refractivity contribution in [1.82, 2.24) is 0 Å². The monoisotopic (exact) mass is 703 g/mol. The molecule has 11 aromatic rings. The summed E-state index contributed by atoms with van der Waals surface area (Å²) in [7, 11) is 0. The van der Waals surface area contributed by atoms with Crippen LogP contribution in [0, 0.1) is 0 Å². The average Bonchev–Trinajstić information content (AvgIpc) is 3.62. The predicted octanol–water partition coefficient (Wildman–Crippen LogP) is 15.5. The van der Waals surface area contributed by atoms with E-state index in [2.05, 4.69) is 205 Å². The first kappa shape index (κ1) is 30.8. The lowest BCUT2D eigenvalue weighted by molar-refractivity contribution is 1.30. The highest BCUT2D eigenvalue weighted by Crippen LogP contribution is 2.43. The summed E-state index contributed by atoms with van der Waals surface area (Å²) in [5.74, 6) is 0. The second kappa shape index (κ2) is 12.4. The average molecular weight is 704 g/mol. The van der Waals surface area contributed by atoms with Crippen LogP contribution in [0.5, 0.6) is 0 Å². The minimum atomic E-state index is 1.11. The van der Waals surface area contributed by atoms with Gasteiger partial charge in [0, 0.05) is 36.9 Å². The molecule has 0 fully saturated rings. The SMILES string of the molecule is c1ccc2c(c1)ccc1c(-c3ccc(N(c4ccc(-c5ccc6sc7ccccc7c6c5)cc4)c4cccc5c4ccc4ccccc45)cc3)cccc12. The molecule has 0 saturated carbocycles. The Morgan fingerprint density at radius 2 is 0.833 bits per heavy atom. The zero-order chi connectivity index (χ0) is 35.6. The Balaban J connectivity index is 1.04. The van der Waals surface area contributed by atoms with Gasteiger partial charge < -0.3 is 4.90 Å². The van der Waals surface area contributed by atoms with Crippen molar-refractivity contribution in [3.8, 4) is 22.3 Å². The second-order valence-electron chi connectivity index (χ2n) is 14.1. The minimum Gasteiger partial charge on any atom is -0.310 e. The summed E-state index contributed by atoms with van der Waals surface area (Å²) in [4.78, 5) is 2.41. The summed E-state index contributed by atoms with van der Waals surface area (Å²) in [5.41, 5.74) is 8.27. The second-order valence-corrected chi connectivity index (χ2v) is 15.2. The summed E-state index contributed by atoms with van der Waals surface area (Å²) >= 11 is 1.86. The van der Waals surface area contributed by atoms with Crippen LogP contribution in [-0.4, -0.2) is 0 Å². The zero-order valence-corrected chi connectivity index (χ0v) is 30.2. The molecule has 0 aliphatic rings. The molecule has 252 valence electrons. The summed E-state index contributed by atoms with van der Waals surface area (Å²) in [6, 6.07) is 73.6. The van der Waals surface area contributed by atoms with Gasteiger partial charge in [-0.2, -0.15) is 0 Å². The fraction of sp³-hybridized carbons (Fsp3) is 0. The number of nitrogens with zero attached hydrogens (tertiary/aromatic N) is 1. The molecule has 1 heterocycles. The van der Waals surface area contributed by atoms with Crippen LogP contribution in [0.4, 0.5) is 17.1 Å². The number of benzene rings is 10. The molecule has 2 heteroatoms. The maximum Gasteiger partial charge on any atom is 0.0540 e. The van der Waals surface area contributed by atoms with Gasteiger partial charge in [-0.3, -0.25) is 0 Å². The molecule has 1 aromatic heterocycles. The van der Waals surface area contributed by atoms with Crippen LogP contribution in [0.3, 0.4) is 0 Å². The van der Waals surface area contributed by atoms with E-state index in [0.29, 0.717) is 0 Å². The van der Waals surface area contributed by atoms with E-state index < -0.39 is 0 Å². The summed E-state index contributed by atoms with van der Waals surface area (Å²) in [6.45, 7) is 0. The van der Waals surface area contributed by atoms with Crippen molar-refractivity contribution in [1.29, 1.82) is 0 Å². The molecule has 0 aliphatic carbocycles. The van der Waals surface area contributed by atoms with E-state index in [1.807, 2.05) is 11.3 Å². The molecular formula is C52H33NS. The molecule has 0 bridgehead atoms. The molecule has 10 aromatic carbocycles. The lowest BCUT2D eigenvalue weighted by Gasteiger charge is -2.27. The van der Waals surface area contributed by atoms with E-state index in [9.17, 15) is 0 Å². The van der Waals surface area contributed by atoms with Crippen molar-refractivity contribution in [3.05, 3.63) is 200 Å². The molecule has 0 aliphatic heterocycles. The largest absolute Gasteiger partial charge is 0.310 e. The molecule has 0 atom stereocenters. The highest BCUT2D eigenvalue weighted by molar-refractivity contribution is 7.25. The van der Waals surface area contributed by atoms with Crippen LogP contribution in [0.15, 0.2) is 200 Å². The number of anilines is 3. The molecule has 0 unspecified atom stereocenters. The fourth-order valence-corrected chi connectivity index (χ4v) is 9.52. The van der Waals surface area contributed by atoms with Gasteiger partial charge in [-0.15, -0.1) is 11.3 Å². The summed E-state index contributed by atoms with van der Waals surface area (Å²) < 4.78 is 2.66. The Hall–Kier alpha value is -6.74. The van der Waals surface area contributed by atoms with E-state index >= 15 is 0 Å². The Morgan fingerprint density at radius 1 is 0.296 bits per heavy atom. The Morgan fingerprint density at radius 3 is 1.56 bits per heavy atom. The van der Waals surface area contributed by atoms with Crippen molar-refractivity contribution < 1.29 is 0 Å². The first-order chi connectivity index (χ1) is 26.8. The van der Waals surface area contributed by atoms with E-state index in [1.165, 1.54) is 85.5 Å². The van der Waals surface area contributed by atoms with Gasteiger partial charge in [0.2, 0.25) is 0 Å². The van der Waals surface area contributed by atoms with Crippen LogP contribution < -0.4 is 4.90 Å². The van der Waals surface area contributed by atoms with E-state index in [0.717, 1.165) is 17.1 Å². The lowest BCUT2D eigenvalue weighted by atomic mass is 9.94. The van der Waals surface area contributed by atoms with Crippen molar-refractivity contribution in [2.45, 2.75) is 0 Å². The molecule has 0 saturated heterocycles. The van der Waals surface area contributed by atoms with Gasteiger partial charge >= 0.3 is 0 Å². The van der Waals surface area contributed by atoms with Gasteiger partial charge in [0.05, 0.1) is 5.69 Å². The fourth-order valence-electron chi connectivity index (χ4n) is 8.44. The third-order valence-electron chi connectivity index (χ3n) is 11.1. The first-order valence-corrected chi connectivity index (χ1v) is 19.3. The third-order valence-corrected chi connectivity index (χ3v) is 12.2. The van der Waals surface area contributed by atoms with Crippen LogP contribution >= 0.6 is 11.3 Å². The standard InChI is InChI=1S/C52H33NS/c1-3-11-41-35(9-1)23-30-46-43(14-7-15-44(41)46)37-21-28-40(29-22-37)53(50-17-8-16-45-42-12-4-2-10-36(42)24-31-47(45)50)39-26-19-34(20-27-39)38-25-32-52-49(33-38)48-13-5-6-18-51(48)54-52/h1-33H. The number of fused-ring (bicyclic) bond motifs is 9. The number of rotatable bonds is 5. The quantitative estimate of drug-likeness (QED) is 0.161. The Labute approximate surface area is 317 Å². The van der Waals surface area contributed by atoms with Gasteiger partial charge in [0.25, 0.3) is 0 Å². The van der Waals surface area contributed by atoms with Crippen LogP contribution in [0.25, 0.3) is 85.5 Å².